The fraction of sp³-hybridized carbons (Fsp3) is 0.278. The summed E-state index contributed by atoms with van der Waals surface area (Å²) in [5, 5.41) is 3.24. The Morgan fingerprint density at radius 1 is 1.12 bits per heavy atom. The van der Waals surface area contributed by atoms with Gasteiger partial charge < -0.3 is 5.32 Å². The largest absolute Gasteiger partial charge is 0.326 e. The molecule has 2 rings (SSSR count). The Kier molecular flexibility index (Phi) is 6.58. The molecule has 0 bridgehead atoms. The number of sulfonamides is 1. The molecule has 0 spiro atoms. The summed E-state index contributed by atoms with van der Waals surface area (Å²) >= 11 is 5.75. The van der Waals surface area contributed by atoms with Crippen molar-refractivity contribution < 1.29 is 13.2 Å². The van der Waals surface area contributed by atoms with Gasteiger partial charge >= 0.3 is 0 Å². The van der Waals surface area contributed by atoms with Gasteiger partial charge in [-0.2, -0.15) is 0 Å². The molecule has 2 aromatic rings. The molecule has 2 aromatic carbocycles. The molecule has 0 fully saturated rings. The number of carbonyl (C=O) groups is 1. The zero-order chi connectivity index (χ0) is 18.4. The van der Waals surface area contributed by atoms with Gasteiger partial charge in [0.25, 0.3) is 0 Å². The maximum Gasteiger partial charge on any atom is 0.240 e. The van der Waals surface area contributed by atoms with Crippen molar-refractivity contribution in [2.24, 2.45) is 0 Å². The summed E-state index contributed by atoms with van der Waals surface area (Å²) in [6.45, 7) is 4.17. The fourth-order valence-electron chi connectivity index (χ4n) is 2.20. The van der Waals surface area contributed by atoms with E-state index in [0.29, 0.717) is 16.6 Å². The molecule has 25 heavy (non-hydrogen) atoms. The van der Waals surface area contributed by atoms with Crippen molar-refractivity contribution in [2.45, 2.75) is 31.1 Å². The van der Waals surface area contributed by atoms with Crippen molar-refractivity contribution in [3.05, 3.63) is 59.1 Å². The highest BCUT2D eigenvalue weighted by molar-refractivity contribution is 7.89. The number of hydrogen-bond acceptors (Lipinski definition) is 3. The van der Waals surface area contributed by atoms with Crippen LogP contribution in [0.25, 0.3) is 0 Å². The summed E-state index contributed by atoms with van der Waals surface area (Å²) in [6, 6.07) is 13.5. The van der Waals surface area contributed by atoms with Gasteiger partial charge in [-0.3, -0.25) is 4.79 Å². The van der Waals surface area contributed by atoms with E-state index in [9.17, 15) is 13.2 Å². The van der Waals surface area contributed by atoms with Crippen LogP contribution in [0, 0.1) is 0 Å². The molecule has 0 radical (unpaired) electrons. The van der Waals surface area contributed by atoms with Crippen LogP contribution in [0.4, 0.5) is 5.69 Å². The van der Waals surface area contributed by atoms with E-state index in [-0.39, 0.29) is 23.8 Å². The number of hydrogen-bond donors (Lipinski definition) is 2. The number of rotatable bonds is 7. The van der Waals surface area contributed by atoms with Gasteiger partial charge in [0.1, 0.15) is 0 Å². The SMILES string of the molecule is CC(C)c1cccc(NC(=O)CCNS(=O)(=O)c2ccc(Cl)cc2)c1. The molecule has 0 saturated carbocycles. The molecule has 1 amide bonds. The summed E-state index contributed by atoms with van der Waals surface area (Å²) in [4.78, 5) is 12.1. The minimum absolute atomic E-state index is 0.0145. The van der Waals surface area contributed by atoms with Gasteiger partial charge in [-0.15, -0.1) is 0 Å². The normalized spacial score (nSPS) is 11.5. The minimum atomic E-state index is -3.65. The van der Waals surface area contributed by atoms with E-state index in [1.54, 1.807) is 0 Å². The Bertz CT molecular complexity index is 834. The topological polar surface area (TPSA) is 75.3 Å². The van der Waals surface area contributed by atoms with Gasteiger partial charge in [-0.25, -0.2) is 13.1 Å². The molecular weight excluding hydrogens is 360 g/mol. The summed E-state index contributed by atoms with van der Waals surface area (Å²) in [5.74, 6) is 0.114. The first-order valence-electron chi connectivity index (χ1n) is 7.93. The molecule has 0 heterocycles. The van der Waals surface area contributed by atoms with Crippen LogP contribution in [-0.4, -0.2) is 20.9 Å². The first-order valence-corrected chi connectivity index (χ1v) is 9.79. The van der Waals surface area contributed by atoms with Crippen LogP contribution < -0.4 is 10.0 Å². The molecule has 0 aromatic heterocycles. The van der Waals surface area contributed by atoms with Gasteiger partial charge in [-0.05, 0) is 47.9 Å². The molecule has 0 aliphatic carbocycles. The Morgan fingerprint density at radius 3 is 2.44 bits per heavy atom. The number of anilines is 1. The van der Waals surface area contributed by atoms with Crippen LogP contribution in [0.15, 0.2) is 53.4 Å². The van der Waals surface area contributed by atoms with E-state index in [0.717, 1.165) is 5.56 Å². The Balaban J connectivity index is 1.88. The second kappa shape index (κ2) is 8.47. The molecule has 0 aliphatic heterocycles. The lowest BCUT2D eigenvalue weighted by Crippen LogP contribution is -2.27. The smallest absolute Gasteiger partial charge is 0.240 e. The highest BCUT2D eigenvalue weighted by Gasteiger charge is 2.14. The third-order valence-corrected chi connectivity index (χ3v) is 5.33. The van der Waals surface area contributed by atoms with Crippen molar-refractivity contribution in [1.82, 2.24) is 4.72 Å². The zero-order valence-corrected chi connectivity index (χ0v) is 15.7. The molecule has 0 aliphatic rings. The van der Waals surface area contributed by atoms with Gasteiger partial charge in [0.2, 0.25) is 15.9 Å². The van der Waals surface area contributed by atoms with E-state index in [1.807, 2.05) is 24.3 Å². The first-order chi connectivity index (χ1) is 11.8. The molecule has 7 heteroatoms. The summed E-state index contributed by atoms with van der Waals surface area (Å²) in [5.41, 5.74) is 1.83. The number of nitrogens with one attached hydrogen (secondary N) is 2. The van der Waals surface area contributed by atoms with Crippen molar-refractivity contribution in [3.8, 4) is 0 Å². The van der Waals surface area contributed by atoms with Crippen LogP contribution in [0.1, 0.15) is 31.7 Å². The van der Waals surface area contributed by atoms with Crippen LogP contribution in [-0.2, 0) is 14.8 Å². The van der Waals surface area contributed by atoms with Crippen molar-refractivity contribution in [3.63, 3.8) is 0 Å². The van der Waals surface area contributed by atoms with Crippen molar-refractivity contribution in [2.75, 3.05) is 11.9 Å². The fourth-order valence-corrected chi connectivity index (χ4v) is 3.35. The van der Waals surface area contributed by atoms with Crippen LogP contribution in [0.3, 0.4) is 0 Å². The lowest BCUT2D eigenvalue weighted by molar-refractivity contribution is -0.116. The van der Waals surface area contributed by atoms with Crippen LogP contribution in [0.2, 0.25) is 5.02 Å². The Labute approximate surface area is 153 Å². The maximum absolute atomic E-state index is 12.1. The average molecular weight is 381 g/mol. The predicted molar refractivity (Wildman–Crippen MR) is 100 cm³/mol. The molecule has 5 nitrogen and oxygen atoms in total. The number of amides is 1. The molecule has 2 N–H and O–H groups in total. The van der Waals surface area contributed by atoms with E-state index in [1.165, 1.54) is 24.3 Å². The van der Waals surface area contributed by atoms with Crippen LogP contribution in [0.5, 0.6) is 0 Å². The second-order valence-corrected chi connectivity index (χ2v) is 8.13. The molecular formula is C18H21ClN2O3S. The number of carbonyl (C=O) groups excluding carboxylic acids is 1. The Hall–Kier alpha value is -1.89. The number of halogens is 1. The van der Waals surface area contributed by atoms with E-state index in [2.05, 4.69) is 23.9 Å². The quantitative estimate of drug-likeness (QED) is 0.767. The predicted octanol–water partition coefficient (Wildman–Crippen LogP) is 3.77. The molecule has 0 atom stereocenters. The van der Waals surface area contributed by atoms with E-state index in [4.69, 9.17) is 11.6 Å². The van der Waals surface area contributed by atoms with Crippen molar-refractivity contribution >= 4 is 33.2 Å². The van der Waals surface area contributed by atoms with Gasteiger partial charge in [0.15, 0.2) is 0 Å². The van der Waals surface area contributed by atoms with E-state index < -0.39 is 10.0 Å². The molecule has 0 saturated heterocycles. The summed E-state index contributed by atoms with van der Waals surface area (Å²) < 4.78 is 26.6. The first kappa shape index (κ1) is 19.4. The minimum Gasteiger partial charge on any atom is -0.326 e. The van der Waals surface area contributed by atoms with Gasteiger partial charge in [0, 0.05) is 23.7 Å². The molecule has 0 unspecified atom stereocenters. The van der Waals surface area contributed by atoms with Gasteiger partial charge in [0.05, 0.1) is 4.90 Å². The van der Waals surface area contributed by atoms with Crippen LogP contribution >= 0.6 is 11.6 Å². The standard InChI is InChI=1S/C18H21ClN2O3S/c1-13(2)14-4-3-5-16(12-14)21-18(22)10-11-20-25(23,24)17-8-6-15(19)7-9-17/h3-9,12-13,20H,10-11H2,1-2H3,(H,21,22). The summed E-state index contributed by atoms with van der Waals surface area (Å²) in [7, 11) is -3.65. The third-order valence-electron chi connectivity index (χ3n) is 3.61. The maximum atomic E-state index is 12.1. The summed E-state index contributed by atoms with van der Waals surface area (Å²) in [6.07, 6.45) is 0.0404. The average Bonchev–Trinajstić information content (AvgIpc) is 2.55. The molecule has 134 valence electrons. The lowest BCUT2D eigenvalue weighted by Gasteiger charge is -2.10. The lowest BCUT2D eigenvalue weighted by atomic mass is 10.0. The van der Waals surface area contributed by atoms with Crippen molar-refractivity contribution in [1.29, 1.82) is 0 Å². The van der Waals surface area contributed by atoms with Gasteiger partial charge in [-0.1, -0.05) is 37.6 Å². The zero-order valence-electron chi connectivity index (χ0n) is 14.1. The number of benzene rings is 2. The second-order valence-electron chi connectivity index (χ2n) is 5.93. The monoisotopic (exact) mass is 380 g/mol. The van der Waals surface area contributed by atoms with E-state index >= 15 is 0 Å². The highest BCUT2D eigenvalue weighted by Crippen LogP contribution is 2.18. The Morgan fingerprint density at radius 2 is 1.80 bits per heavy atom. The highest BCUT2D eigenvalue weighted by atomic mass is 35.5. The third kappa shape index (κ3) is 5.85.